The Kier molecular flexibility index (Phi) is 4.92. The molecule has 4 rings (SSSR count). The number of ether oxygens (including phenoxy) is 3. The standard InChI is InChI=1S/C20H21N3O5/c1-26-16-5-3-2-4-15(16)21-19(24)13-22-8-9-23(20(22)25)14-6-7-17-18(12-14)28-11-10-27-17/h2-7,12H,8-11,13H2,1H3,(H,21,24). The molecule has 0 aromatic heterocycles. The van der Waals surface area contributed by atoms with Crippen LogP contribution in [0.2, 0.25) is 0 Å². The summed E-state index contributed by atoms with van der Waals surface area (Å²) in [5.74, 6) is 1.60. The van der Waals surface area contributed by atoms with Crippen LogP contribution in [0.1, 0.15) is 0 Å². The molecule has 2 aliphatic rings. The van der Waals surface area contributed by atoms with Gasteiger partial charge in [0.05, 0.1) is 12.8 Å². The van der Waals surface area contributed by atoms with Gasteiger partial charge in [0.25, 0.3) is 0 Å². The van der Waals surface area contributed by atoms with Crippen LogP contribution in [-0.2, 0) is 4.79 Å². The van der Waals surface area contributed by atoms with E-state index in [1.165, 1.54) is 4.90 Å². The molecule has 2 aromatic rings. The third-order valence-electron chi connectivity index (χ3n) is 4.65. The number of carbonyl (C=O) groups excluding carboxylic acids is 2. The molecule has 2 aliphatic heterocycles. The molecule has 1 N–H and O–H groups in total. The molecule has 2 aromatic carbocycles. The second kappa shape index (κ2) is 7.67. The third kappa shape index (κ3) is 3.53. The van der Waals surface area contributed by atoms with Crippen molar-refractivity contribution in [2.45, 2.75) is 0 Å². The zero-order valence-electron chi connectivity index (χ0n) is 15.5. The van der Waals surface area contributed by atoms with Crippen LogP contribution in [0.3, 0.4) is 0 Å². The average molecular weight is 383 g/mol. The highest BCUT2D eigenvalue weighted by Gasteiger charge is 2.31. The molecule has 0 aliphatic carbocycles. The lowest BCUT2D eigenvalue weighted by Crippen LogP contribution is -2.37. The first kappa shape index (κ1) is 18.0. The Labute approximate surface area is 162 Å². The third-order valence-corrected chi connectivity index (χ3v) is 4.65. The molecule has 0 radical (unpaired) electrons. The summed E-state index contributed by atoms with van der Waals surface area (Å²) in [7, 11) is 1.54. The number of nitrogens with zero attached hydrogens (tertiary/aromatic N) is 2. The number of para-hydroxylation sites is 2. The lowest BCUT2D eigenvalue weighted by molar-refractivity contribution is -0.116. The van der Waals surface area contributed by atoms with Gasteiger partial charge >= 0.3 is 6.03 Å². The van der Waals surface area contributed by atoms with Crippen LogP contribution in [0.25, 0.3) is 0 Å². The number of amides is 3. The second-order valence-corrected chi connectivity index (χ2v) is 6.43. The number of rotatable bonds is 5. The zero-order valence-corrected chi connectivity index (χ0v) is 15.5. The molecular weight excluding hydrogens is 362 g/mol. The first-order chi connectivity index (χ1) is 13.7. The van der Waals surface area contributed by atoms with E-state index >= 15 is 0 Å². The summed E-state index contributed by atoms with van der Waals surface area (Å²) in [6.45, 7) is 1.94. The molecule has 146 valence electrons. The van der Waals surface area contributed by atoms with Crippen LogP contribution >= 0.6 is 0 Å². The van der Waals surface area contributed by atoms with Gasteiger partial charge in [-0.2, -0.15) is 0 Å². The number of fused-ring (bicyclic) bond motifs is 1. The number of nitrogens with one attached hydrogen (secondary N) is 1. The summed E-state index contributed by atoms with van der Waals surface area (Å²) in [6.07, 6.45) is 0. The Balaban J connectivity index is 1.41. The highest BCUT2D eigenvalue weighted by atomic mass is 16.6. The van der Waals surface area contributed by atoms with E-state index in [-0.39, 0.29) is 18.5 Å². The molecular formula is C20H21N3O5. The van der Waals surface area contributed by atoms with Crippen LogP contribution in [0.4, 0.5) is 16.2 Å². The van der Waals surface area contributed by atoms with E-state index in [0.29, 0.717) is 49.2 Å². The fourth-order valence-corrected chi connectivity index (χ4v) is 3.28. The van der Waals surface area contributed by atoms with E-state index < -0.39 is 0 Å². The normalized spacial score (nSPS) is 15.5. The Hall–Kier alpha value is -3.42. The van der Waals surface area contributed by atoms with Crippen molar-refractivity contribution in [3.63, 3.8) is 0 Å². The van der Waals surface area contributed by atoms with Crippen molar-refractivity contribution < 1.29 is 23.8 Å². The number of benzene rings is 2. The SMILES string of the molecule is COc1ccccc1NC(=O)CN1CCN(c2ccc3c(c2)OCCO3)C1=O. The van der Waals surface area contributed by atoms with E-state index in [2.05, 4.69) is 5.32 Å². The first-order valence-electron chi connectivity index (χ1n) is 9.04. The molecule has 3 amide bonds. The number of urea groups is 1. The summed E-state index contributed by atoms with van der Waals surface area (Å²) >= 11 is 0. The molecule has 2 heterocycles. The fraction of sp³-hybridized carbons (Fsp3) is 0.300. The summed E-state index contributed by atoms with van der Waals surface area (Å²) < 4.78 is 16.3. The second-order valence-electron chi connectivity index (χ2n) is 6.43. The van der Waals surface area contributed by atoms with E-state index in [0.717, 1.165) is 5.69 Å². The number of hydrogen-bond acceptors (Lipinski definition) is 5. The highest BCUT2D eigenvalue weighted by molar-refractivity contribution is 6.00. The Morgan fingerprint density at radius 2 is 1.89 bits per heavy atom. The van der Waals surface area contributed by atoms with Crippen molar-refractivity contribution in [3.05, 3.63) is 42.5 Å². The van der Waals surface area contributed by atoms with Gasteiger partial charge < -0.3 is 24.4 Å². The van der Waals surface area contributed by atoms with Crippen molar-refractivity contribution in [2.24, 2.45) is 0 Å². The summed E-state index contributed by atoms with van der Waals surface area (Å²) in [4.78, 5) is 28.3. The quantitative estimate of drug-likeness (QED) is 0.857. The van der Waals surface area contributed by atoms with Crippen LogP contribution in [-0.4, -0.2) is 56.8 Å². The zero-order chi connectivity index (χ0) is 19.5. The average Bonchev–Trinajstić information content (AvgIpc) is 3.08. The Bertz CT molecular complexity index is 901. The van der Waals surface area contributed by atoms with Crippen molar-refractivity contribution in [1.82, 2.24) is 4.90 Å². The monoisotopic (exact) mass is 383 g/mol. The molecule has 8 heteroatoms. The van der Waals surface area contributed by atoms with Gasteiger partial charge in [-0.15, -0.1) is 0 Å². The summed E-state index contributed by atoms with van der Waals surface area (Å²) in [6, 6.07) is 12.4. The predicted molar refractivity (Wildman–Crippen MR) is 103 cm³/mol. The molecule has 0 bridgehead atoms. The van der Waals surface area contributed by atoms with Gasteiger partial charge in [0.15, 0.2) is 11.5 Å². The van der Waals surface area contributed by atoms with Crippen LogP contribution in [0.15, 0.2) is 42.5 Å². The number of hydrogen-bond donors (Lipinski definition) is 1. The van der Waals surface area contributed by atoms with Gasteiger partial charge in [0.2, 0.25) is 5.91 Å². The maximum absolute atomic E-state index is 12.8. The molecule has 8 nitrogen and oxygen atoms in total. The van der Waals surface area contributed by atoms with Crippen LogP contribution in [0, 0.1) is 0 Å². The van der Waals surface area contributed by atoms with Gasteiger partial charge in [0.1, 0.15) is 25.5 Å². The van der Waals surface area contributed by atoms with Crippen molar-refractivity contribution >= 4 is 23.3 Å². The maximum Gasteiger partial charge on any atom is 0.325 e. The molecule has 1 fully saturated rings. The van der Waals surface area contributed by atoms with Crippen molar-refractivity contribution in [2.75, 3.05) is 50.2 Å². The number of carbonyl (C=O) groups is 2. The Morgan fingerprint density at radius 3 is 2.71 bits per heavy atom. The lowest BCUT2D eigenvalue weighted by atomic mass is 10.2. The highest BCUT2D eigenvalue weighted by Crippen LogP contribution is 2.35. The van der Waals surface area contributed by atoms with E-state index in [1.807, 2.05) is 18.2 Å². The van der Waals surface area contributed by atoms with E-state index in [9.17, 15) is 9.59 Å². The predicted octanol–water partition coefficient (Wildman–Crippen LogP) is 2.35. The van der Waals surface area contributed by atoms with E-state index in [4.69, 9.17) is 14.2 Å². The topological polar surface area (TPSA) is 80.3 Å². The molecule has 0 unspecified atom stereocenters. The smallest absolute Gasteiger partial charge is 0.325 e. The van der Waals surface area contributed by atoms with Crippen LogP contribution < -0.4 is 24.4 Å². The first-order valence-corrected chi connectivity index (χ1v) is 9.04. The molecule has 28 heavy (non-hydrogen) atoms. The van der Waals surface area contributed by atoms with Crippen molar-refractivity contribution in [3.8, 4) is 17.2 Å². The van der Waals surface area contributed by atoms with Crippen molar-refractivity contribution in [1.29, 1.82) is 0 Å². The number of anilines is 2. The largest absolute Gasteiger partial charge is 0.495 e. The van der Waals surface area contributed by atoms with Gasteiger partial charge in [-0.25, -0.2) is 4.79 Å². The minimum absolute atomic E-state index is 0.0298. The number of methoxy groups -OCH3 is 1. The van der Waals surface area contributed by atoms with E-state index in [1.54, 1.807) is 36.3 Å². The fourth-order valence-electron chi connectivity index (χ4n) is 3.28. The van der Waals surface area contributed by atoms with Gasteiger partial charge in [-0.05, 0) is 24.3 Å². The summed E-state index contributed by atoms with van der Waals surface area (Å²) in [5.41, 5.74) is 1.30. The minimum Gasteiger partial charge on any atom is -0.495 e. The minimum atomic E-state index is -0.276. The summed E-state index contributed by atoms with van der Waals surface area (Å²) in [5, 5.41) is 2.79. The molecule has 1 saturated heterocycles. The molecule has 0 atom stereocenters. The maximum atomic E-state index is 12.8. The molecule has 0 spiro atoms. The lowest BCUT2D eigenvalue weighted by Gasteiger charge is -2.22. The van der Waals surface area contributed by atoms with Gasteiger partial charge in [0, 0.05) is 24.8 Å². The van der Waals surface area contributed by atoms with Gasteiger partial charge in [-0.1, -0.05) is 12.1 Å². The molecule has 0 saturated carbocycles. The Morgan fingerprint density at radius 1 is 1.11 bits per heavy atom. The van der Waals surface area contributed by atoms with Crippen LogP contribution in [0.5, 0.6) is 17.2 Å². The van der Waals surface area contributed by atoms with Gasteiger partial charge in [-0.3, -0.25) is 9.69 Å².